The maximum Gasteiger partial charge on any atom is 0.243 e. The summed E-state index contributed by atoms with van der Waals surface area (Å²) >= 11 is 7.50. The summed E-state index contributed by atoms with van der Waals surface area (Å²) in [4.78, 5) is 28.0. The highest BCUT2D eigenvalue weighted by Gasteiger charge is 2.30. The second-order valence-corrected chi connectivity index (χ2v) is 10.2. The van der Waals surface area contributed by atoms with Crippen LogP contribution in [0.3, 0.4) is 0 Å². The van der Waals surface area contributed by atoms with Gasteiger partial charge in [-0.05, 0) is 57.4 Å². The number of carbonyl (C=O) groups is 2. The fourth-order valence-corrected chi connectivity index (χ4v) is 4.30. The van der Waals surface area contributed by atoms with Crippen LogP contribution in [0, 0.1) is 6.92 Å². The van der Waals surface area contributed by atoms with E-state index in [1.54, 1.807) is 16.7 Å². The maximum atomic E-state index is 13.3. The largest absolute Gasteiger partial charge is 0.350 e. The lowest BCUT2D eigenvalue weighted by Gasteiger charge is -2.33. The standard InChI is InChI=1S/C25H33ClN2O2S/c1-6-22(24(30)27-25(3,4)5)28(15-20-9-7-8-18(2)14-20)23(29)17-31-16-19-10-12-21(26)13-11-19/h7-14,22H,6,15-17H2,1-5H3,(H,27,30). The number of thioether (sulfide) groups is 1. The van der Waals surface area contributed by atoms with Crippen molar-refractivity contribution in [2.75, 3.05) is 5.75 Å². The second kappa shape index (κ2) is 11.6. The van der Waals surface area contributed by atoms with Gasteiger partial charge in [0.05, 0.1) is 5.75 Å². The van der Waals surface area contributed by atoms with Crippen LogP contribution in [0.5, 0.6) is 0 Å². The fraction of sp³-hybridized carbons (Fsp3) is 0.440. The van der Waals surface area contributed by atoms with Crippen molar-refractivity contribution in [3.63, 3.8) is 0 Å². The predicted molar refractivity (Wildman–Crippen MR) is 131 cm³/mol. The van der Waals surface area contributed by atoms with Crippen molar-refractivity contribution in [2.24, 2.45) is 0 Å². The van der Waals surface area contributed by atoms with Gasteiger partial charge in [0, 0.05) is 22.9 Å². The van der Waals surface area contributed by atoms with Gasteiger partial charge < -0.3 is 10.2 Å². The minimum atomic E-state index is -0.511. The summed E-state index contributed by atoms with van der Waals surface area (Å²) < 4.78 is 0. The van der Waals surface area contributed by atoms with Gasteiger partial charge in [-0.3, -0.25) is 9.59 Å². The van der Waals surface area contributed by atoms with Crippen LogP contribution in [0.15, 0.2) is 48.5 Å². The van der Waals surface area contributed by atoms with E-state index in [-0.39, 0.29) is 17.4 Å². The minimum Gasteiger partial charge on any atom is -0.350 e. The van der Waals surface area contributed by atoms with Crippen LogP contribution in [0.2, 0.25) is 5.02 Å². The summed E-state index contributed by atoms with van der Waals surface area (Å²) in [6.45, 7) is 10.2. The molecule has 0 aromatic heterocycles. The Morgan fingerprint density at radius 3 is 2.35 bits per heavy atom. The van der Waals surface area contributed by atoms with Gasteiger partial charge in [0.25, 0.3) is 0 Å². The number of nitrogens with zero attached hydrogens (tertiary/aromatic N) is 1. The van der Waals surface area contributed by atoms with Gasteiger partial charge in [0.2, 0.25) is 11.8 Å². The first-order valence-corrected chi connectivity index (χ1v) is 12.1. The van der Waals surface area contributed by atoms with Crippen molar-refractivity contribution in [3.05, 3.63) is 70.2 Å². The normalized spacial score (nSPS) is 12.3. The van der Waals surface area contributed by atoms with Crippen molar-refractivity contribution in [1.29, 1.82) is 0 Å². The molecule has 2 amide bonds. The first-order chi connectivity index (χ1) is 14.6. The van der Waals surface area contributed by atoms with E-state index in [0.717, 1.165) is 16.7 Å². The van der Waals surface area contributed by atoms with Crippen LogP contribution in [-0.2, 0) is 21.9 Å². The van der Waals surface area contributed by atoms with Gasteiger partial charge in [-0.1, -0.05) is 60.5 Å². The Kier molecular flexibility index (Phi) is 9.45. The third kappa shape index (κ3) is 8.58. The molecular weight excluding hydrogens is 428 g/mol. The zero-order valence-electron chi connectivity index (χ0n) is 19.1. The maximum absolute atomic E-state index is 13.3. The van der Waals surface area contributed by atoms with Crippen molar-refractivity contribution >= 4 is 35.2 Å². The molecule has 6 heteroatoms. The molecular formula is C25H33ClN2O2S. The quantitative estimate of drug-likeness (QED) is 0.529. The molecule has 1 unspecified atom stereocenters. The molecule has 2 rings (SSSR count). The number of amides is 2. The van der Waals surface area contributed by atoms with E-state index in [2.05, 4.69) is 11.4 Å². The molecule has 0 heterocycles. The van der Waals surface area contributed by atoms with E-state index in [0.29, 0.717) is 29.5 Å². The number of halogens is 1. The summed E-state index contributed by atoms with van der Waals surface area (Å²) in [5.41, 5.74) is 2.92. The van der Waals surface area contributed by atoms with Crippen molar-refractivity contribution in [3.8, 4) is 0 Å². The monoisotopic (exact) mass is 460 g/mol. The number of aryl methyl sites for hydroxylation is 1. The number of rotatable bonds is 9. The second-order valence-electron chi connectivity index (χ2n) is 8.79. The third-order valence-electron chi connectivity index (χ3n) is 4.73. The van der Waals surface area contributed by atoms with E-state index >= 15 is 0 Å². The zero-order valence-corrected chi connectivity index (χ0v) is 20.6. The molecule has 168 valence electrons. The average Bonchev–Trinajstić information content (AvgIpc) is 2.68. The van der Waals surface area contributed by atoms with Crippen LogP contribution in [0.25, 0.3) is 0 Å². The molecule has 0 bridgehead atoms. The van der Waals surface area contributed by atoms with Crippen molar-refractivity contribution in [2.45, 2.75) is 64.9 Å². The summed E-state index contributed by atoms with van der Waals surface area (Å²) in [7, 11) is 0. The Morgan fingerprint density at radius 2 is 1.77 bits per heavy atom. The molecule has 1 atom stereocenters. The molecule has 0 aliphatic heterocycles. The minimum absolute atomic E-state index is 0.0311. The Bertz CT molecular complexity index is 878. The van der Waals surface area contributed by atoms with E-state index in [4.69, 9.17) is 11.6 Å². The Hall–Kier alpha value is -1.98. The Labute approximate surface area is 195 Å². The van der Waals surface area contributed by atoms with Gasteiger partial charge in [0.15, 0.2) is 0 Å². The lowest BCUT2D eigenvalue weighted by Crippen LogP contribution is -2.53. The van der Waals surface area contributed by atoms with E-state index < -0.39 is 6.04 Å². The molecule has 0 radical (unpaired) electrons. The molecule has 2 aromatic carbocycles. The first kappa shape index (κ1) is 25.3. The molecule has 0 spiro atoms. The van der Waals surface area contributed by atoms with Gasteiger partial charge in [0.1, 0.15) is 6.04 Å². The zero-order chi connectivity index (χ0) is 23.0. The number of benzene rings is 2. The molecule has 1 N–H and O–H groups in total. The number of carbonyl (C=O) groups excluding carboxylic acids is 2. The van der Waals surface area contributed by atoms with Crippen LogP contribution in [0.1, 0.15) is 50.8 Å². The van der Waals surface area contributed by atoms with Gasteiger partial charge in [-0.2, -0.15) is 0 Å². The highest BCUT2D eigenvalue weighted by Crippen LogP contribution is 2.19. The van der Waals surface area contributed by atoms with E-state index in [1.807, 2.05) is 77.1 Å². The van der Waals surface area contributed by atoms with Gasteiger partial charge >= 0.3 is 0 Å². The van der Waals surface area contributed by atoms with Crippen LogP contribution >= 0.6 is 23.4 Å². The highest BCUT2D eigenvalue weighted by atomic mass is 35.5. The predicted octanol–water partition coefficient (Wildman–Crippen LogP) is 5.60. The lowest BCUT2D eigenvalue weighted by atomic mass is 10.1. The molecule has 0 saturated heterocycles. The summed E-state index contributed by atoms with van der Waals surface area (Å²) in [6, 6.07) is 15.2. The smallest absolute Gasteiger partial charge is 0.243 e. The summed E-state index contributed by atoms with van der Waals surface area (Å²) in [6.07, 6.45) is 0.557. The van der Waals surface area contributed by atoms with E-state index in [9.17, 15) is 9.59 Å². The van der Waals surface area contributed by atoms with Gasteiger partial charge in [-0.25, -0.2) is 0 Å². The van der Waals surface area contributed by atoms with Crippen LogP contribution in [-0.4, -0.2) is 34.0 Å². The summed E-state index contributed by atoms with van der Waals surface area (Å²) in [5, 5.41) is 3.74. The van der Waals surface area contributed by atoms with Gasteiger partial charge in [-0.15, -0.1) is 11.8 Å². The fourth-order valence-electron chi connectivity index (χ4n) is 3.30. The topological polar surface area (TPSA) is 49.4 Å². The number of nitrogens with one attached hydrogen (secondary N) is 1. The number of hydrogen-bond acceptors (Lipinski definition) is 3. The molecule has 2 aromatic rings. The average molecular weight is 461 g/mol. The van der Waals surface area contributed by atoms with Crippen LogP contribution in [0.4, 0.5) is 0 Å². The SMILES string of the molecule is CCC(C(=O)NC(C)(C)C)N(Cc1cccc(C)c1)C(=O)CSCc1ccc(Cl)cc1. The molecule has 0 saturated carbocycles. The highest BCUT2D eigenvalue weighted by molar-refractivity contribution is 7.99. The molecule has 0 aliphatic rings. The molecule has 0 aliphatic carbocycles. The Morgan fingerprint density at radius 1 is 1.10 bits per heavy atom. The van der Waals surface area contributed by atoms with Crippen molar-refractivity contribution < 1.29 is 9.59 Å². The van der Waals surface area contributed by atoms with Crippen molar-refractivity contribution in [1.82, 2.24) is 10.2 Å². The van der Waals surface area contributed by atoms with E-state index in [1.165, 1.54) is 0 Å². The summed E-state index contributed by atoms with van der Waals surface area (Å²) in [5.74, 6) is 0.884. The molecule has 0 fully saturated rings. The molecule has 4 nitrogen and oxygen atoms in total. The lowest BCUT2D eigenvalue weighted by molar-refractivity contribution is -0.140. The third-order valence-corrected chi connectivity index (χ3v) is 5.97. The number of hydrogen-bond donors (Lipinski definition) is 1. The molecule has 31 heavy (non-hydrogen) atoms. The van der Waals surface area contributed by atoms with Crippen LogP contribution < -0.4 is 5.32 Å². The first-order valence-electron chi connectivity index (χ1n) is 10.6. The Balaban J connectivity index is 2.15.